The minimum Gasteiger partial charge on any atom is -0.467 e. The highest BCUT2D eigenvalue weighted by Gasteiger charge is 2.14. The topological polar surface area (TPSA) is 71.3 Å². The molecule has 0 saturated heterocycles. The van der Waals surface area contributed by atoms with Crippen LogP contribution in [0.2, 0.25) is 0 Å². The summed E-state index contributed by atoms with van der Waals surface area (Å²) < 4.78 is 5.17. The van der Waals surface area contributed by atoms with Crippen LogP contribution in [0.3, 0.4) is 0 Å². The zero-order valence-electron chi connectivity index (χ0n) is 12.5. The van der Waals surface area contributed by atoms with Gasteiger partial charge in [-0.3, -0.25) is 9.59 Å². The van der Waals surface area contributed by atoms with E-state index in [9.17, 15) is 9.59 Å². The number of nitrogens with one attached hydrogen (secondary N) is 2. The van der Waals surface area contributed by atoms with Crippen LogP contribution in [0.5, 0.6) is 0 Å². The molecule has 2 rings (SSSR count). The summed E-state index contributed by atoms with van der Waals surface area (Å²) in [5.41, 5.74) is 0.742. The van der Waals surface area contributed by atoms with Gasteiger partial charge in [-0.1, -0.05) is 0 Å². The van der Waals surface area contributed by atoms with Crippen molar-refractivity contribution in [1.29, 1.82) is 0 Å². The fraction of sp³-hybridized carbons (Fsp3) is 0.250. The molecule has 0 unspecified atom stereocenters. The molecule has 0 saturated carbocycles. The Morgan fingerprint density at radius 3 is 2.55 bits per heavy atom. The lowest BCUT2D eigenvalue weighted by Crippen LogP contribution is -2.30. The molecule has 0 radical (unpaired) electrons. The largest absolute Gasteiger partial charge is 0.467 e. The first-order chi connectivity index (χ1) is 10.5. The molecule has 6 heteroatoms. The molecule has 1 atom stereocenters. The summed E-state index contributed by atoms with van der Waals surface area (Å²) in [5, 5.41) is 5.32. The van der Waals surface area contributed by atoms with E-state index in [4.69, 9.17) is 4.42 Å². The number of amides is 2. The van der Waals surface area contributed by atoms with Crippen molar-refractivity contribution >= 4 is 29.3 Å². The molecule has 2 N–H and O–H groups in total. The maximum Gasteiger partial charge on any atom is 0.233 e. The first-order valence-corrected chi connectivity index (χ1v) is 7.77. The second kappa shape index (κ2) is 7.70. The standard InChI is InChI=1S/C16H18N2O3S/c1-11(16(20)17-10-14-4-3-9-21-14)22-15-7-5-13(6-8-15)18-12(2)19/h3-9,11H,10H2,1-2H3,(H,17,20)(H,18,19)/t11-/m0/s1. The fourth-order valence-corrected chi connectivity index (χ4v) is 2.70. The number of furan rings is 1. The van der Waals surface area contributed by atoms with Crippen molar-refractivity contribution in [2.75, 3.05) is 5.32 Å². The number of hydrogen-bond donors (Lipinski definition) is 2. The SMILES string of the molecule is CC(=O)Nc1ccc(S[C@@H](C)C(=O)NCc2ccco2)cc1. The van der Waals surface area contributed by atoms with Crippen molar-refractivity contribution in [2.45, 2.75) is 30.5 Å². The van der Waals surface area contributed by atoms with E-state index < -0.39 is 0 Å². The lowest BCUT2D eigenvalue weighted by molar-refractivity contribution is -0.120. The zero-order chi connectivity index (χ0) is 15.9. The van der Waals surface area contributed by atoms with Gasteiger partial charge in [-0.2, -0.15) is 0 Å². The average Bonchev–Trinajstić information content (AvgIpc) is 2.99. The molecule has 22 heavy (non-hydrogen) atoms. The highest BCUT2D eigenvalue weighted by molar-refractivity contribution is 8.00. The summed E-state index contributed by atoms with van der Waals surface area (Å²) in [6.45, 7) is 3.70. The number of rotatable bonds is 6. The molecule has 1 heterocycles. The normalized spacial score (nSPS) is 11.7. The molecule has 0 spiro atoms. The highest BCUT2D eigenvalue weighted by atomic mass is 32.2. The third kappa shape index (κ3) is 4.96. The zero-order valence-corrected chi connectivity index (χ0v) is 13.3. The molecule has 0 aliphatic rings. The predicted molar refractivity (Wildman–Crippen MR) is 86.6 cm³/mol. The second-order valence-corrected chi connectivity index (χ2v) is 6.18. The van der Waals surface area contributed by atoms with E-state index in [1.165, 1.54) is 18.7 Å². The summed E-state index contributed by atoms with van der Waals surface area (Å²) in [6.07, 6.45) is 1.58. The van der Waals surface area contributed by atoms with Gasteiger partial charge in [-0.25, -0.2) is 0 Å². The van der Waals surface area contributed by atoms with Gasteiger partial charge in [0, 0.05) is 17.5 Å². The fourth-order valence-electron chi connectivity index (χ4n) is 1.81. The summed E-state index contributed by atoms with van der Waals surface area (Å²) in [4.78, 5) is 23.9. The molecule has 0 aliphatic carbocycles. The van der Waals surface area contributed by atoms with E-state index in [-0.39, 0.29) is 17.1 Å². The van der Waals surface area contributed by atoms with Gasteiger partial charge in [-0.15, -0.1) is 11.8 Å². The summed E-state index contributed by atoms with van der Waals surface area (Å²) in [5.74, 6) is 0.573. The number of anilines is 1. The molecular formula is C16H18N2O3S. The van der Waals surface area contributed by atoms with E-state index in [1.807, 2.05) is 37.3 Å². The van der Waals surface area contributed by atoms with Crippen LogP contribution in [0.4, 0.5) is 5.69 Å². The van der Waals surface area contributed by atoms with Crippen LogP contribution >= 0.6 is 11.8 Å². The quantitative estimate of drug-likeness (QED) is 0.803. The van der Waals surface area contributed by atoms with Gasteiger partial charge >= 0.3 is 0 Å². The molecule has 1 aromatic carbocycles. The van der Waals surface area contributed by atoms with Gasteiger partial charge in [0.05, 0.1) is 18.1 Å². The van der Waals surface area contributed by atoms with E-state index in [2.05, 4.69) is 10.6 Å². The molecule has 0 fully saturated rings. The first kappa shape index (κ1) is 16.2. The Balaban J connectivity index is 1.83. The highest BCUT2D eigenvalue weighted by Crippen LogP contribution is 2.24. The lowest BCUT2D eigenvalue weighted by Gasteiger charge is -2.11. The Kier molecular flexibility index (Phi) is 5.66. The van der Waals surface area contributed by atoms with Gasteiger partial charge in [0.15, 0.2) is 0 Å². The van der Waals surface area contributed by atoms with E-state index >= 15 is 0 Å². The van der Waals surface area contributed by atoms with Crippen molar-refractivity contribution < 1.29 is 14.0 Å². The van der Waals surface area contributed by atoms with Gasteiger partial charge in [0.2, 0.25) is 11.8 Å². The van der Waals surface area contributed by atoms with Crippen LogP contribution < -0.4 is 10.6 Å². The Morgan fingerprint density at radius 2 is 1.95 bits per heavy atom. The van der Waals surface area contributed by atoms with E-state index in [0.717, 1.165) is 16.3 Å². The Bertz CT molecular complexity index is 623. The average molecular weight is 318 g/mol. The number of carbonyl (C=O) groups is 2. The Labute approximate surface area is 133 Å². The maximum absolute atomic E-state index is 12.0. The predicted octanol–water partition coefficient (Wildman–Crippen LogP) is 3.04. The molecule has 2 aromatic rings. The van der Waals surface area contributed by atoms with Gasteiger partial charge in [0.25, 0.3) is 0 Å². The van der Waals surface area contributed by atoms with Crippen LogP contribution in [0.15, 0.2) is 52.0 Å². The Morgan fingerprint density at radius 1 is 1.23 bits per heavy atom. The minimum absolute atomic E-state index is 0.0488. The summed E-state index contributed by atoms with van der Waals surface area (Å²) >= 11 is 1.46. The Hall–Kier alpha value is -2.21. The van der Waals surface area contributed by atoms with E-state index in [1.54, 1.807) is 12.3 Å². The number of carbonyl (C=O) groups excluding carboxylic acids is 2. The number of hydrogen-bond acceptors (Lipinski definition) is 4. The number of thioether (sulfide) groups is 1. The molecule has 2 amide bonds. The molecular weight excluding hydrogens is 300 g/mol. The smallest absolute Gasteiger partial charge is 0.233 e. The maximum atomic E-state index is 12.0. The third-order valence-corrected chi connectivity index (χ3v) is 3.99. The molecule has 0 aliphatic heterocycles. The van der Waals surface area contributed by atoms with Crippen LogP contribution in [0.25, 0.3) is 0 Å². The van der Waals surface area contributed by atoms with Crippen LogP contribution in [0, 0.1) is 0 Å². The van der Waals surface area contributed by atoms with Crippen molar-refractivity contribution in [1.82, 2.24) is 5.32 Å². The molecule has 1 aromatic heterocycles. The number of benzene rings is 1. The van der Waals surface area contributed by atoms with Gasteiger partial charge in [0.1, 0.15) is 5.76 Å². The van der Waals surface area contributed by atoms with Crippen molar-refractivity contribution in [2.24, 2.45) is 0 Å². The van der Waals surface area contributed by atoms with Crippen molar-refractivity contribution in [3.05, 3.63) is 48.4 Å². The lowest BCUT2D eigenvalue weighted by atomic mass is 10.3. The summed E-state index contributed by atoms with van der Waals surface area (Å²) in [7, 11) is 0. The summed E-state index contributed by atoms with van der Waals surface area (Å²) in [6, 6.07) is 11.0. The van der Waals surface area contributed by atoms with Gasteiger partial charge in [-0.05, 0) is 43.3 Å². The molecule has 116 valence electrons. The van der Waals surface area contributed by atoms with Crippen LogP contribution in [-0.4, -0.2) is 17.1 Å². The van der Waals surface area contributed by atoms with E-state index in [0.29, 0.717) is 6.54 Å². The first-order valence-electron chi connectivity index (χ1n) is 6.89. The van der Waals surface area contributed by atoms with Crippen molar-refractivity contribution in [3.8, 4) is 0 Å². The second-order valence-electron chi connectivity index (χ2n) is 4.76. The van der Waals surface area contributed by atoms with Crippen LogP contribution in [-0.2, 0) is 16.1 Å². The van der Waals surface area contributed by atoms with Crippen molar-refractivity contribution in [3.63, 3.8) is 0 Å². The monoisotopic (exact) mass is 318 g/mol. The van der Waals surface area contributed by atoms with Crippen LogP contribution in [0.1, 0.15) is 19.6 Å². The van der Waals surface area contributed by atoms with Gasteiger partial charge < -0.3 is 15.1 Å². The minimum atomic E-state index is -0.221. The molecule has 5 nitrogen and oxygen atoms in total. The third-order valence-electron chi connectivity index (χ3n) is 2.87. The molecule has 0 bridgehead atoms.